The lowest BCUT2D eigenvalue weighted by atomic mass is 9.88. The lowest BCUT2D eigenvalue weighted by molar-refractivity contribution is -0.141. The highest BCUT2D eigenvalue weighted by Gasteiger charge is 2.57. The van der Waals surface area contributed by atoms with Crippen molar-refractivity contribution in [2.45, 2.75) is 64.8 Å². The van der Waals surface area contributed by atoms with Crippen LogP contribution in [0.5, 0.6) is 0 Å². The van der Waals surface area contributed by atoms with Gasteiger partial charge in [-0.3, -0.25) is 0 Å². The average Bonchev–Trinajstić information content (AvgIpc) is 3.20. The Morgan fingerprint density at radius 2 is 2.20 bits per heavy atom. The second-order valence-corrected chi connectivity index (χ2v) is 7.29. The van der Waals surface area contributed by atoms with E-state index in [-0.39, 0.29) is 30.8 Å². The highest BCUT2D eigenvalue weighted by molar-refractivity contribution is 5.92. The molecule has 3 aliphatic rings. The smallest absolute Gasteiger partial charge is 0.334 e. The van der Waals surface area contributed by atoms with E-state index in [0.717, 1.165) is 18.4 Å². The van der Waals surface area contributed by atoms with Gasteiger partial charge in [-0.25, -0.2) is 9.59 Å². The number of allylic oxidation sites excluding steroid dienone is 2. The first-order valence-electron chi connectivity index (χ1n) is 8.93. The molecule has 0 aromatic rings. The Morgan fingerprint density at radius 1 is 1.44 bits per heavy atom. The van der Waals surface area contributed by atoms with Gasteiger partial charge in [0.2, 0.25) is 0 Å². The molecule has 25 heavy (non-hydrogen) atoms. The lowest BCUT2D eigenvalue weighted by Crippen LogP contribution is -2.27. The molecule has 0 spiro atoms. The summed E-state index contributed by atoms with van der Waals surface area (Å²) in [7, 11) is 0. The van der Waals surface area contributed by atoms with Crippen LogP contribution in [0.25, 0.3) is 0 Å². The van der Waals surface area contributed by atoms with Crippen LogP contribution in [0.2, 0.25) is 0 Å². The standard InChI is InChI=1S/C20H26O5/c1-5-13(3)18(21)23-11-20-9-8-15-14(4)19(22)24-16(15)7-6-12(2)10-17(20)25-20/h5-7,12,16-17H,8-11H2,1-4H3/b7-6+,13-5-/t12?,16?,17-,20-/m0/s1. The van der Waals surface area contributed by atoms with Gasteiger partial charge in [0, 0.05) is 11.1 Å². The zero-order chi connectivity index (χ0) is 18.2. The number of carbonyl (C=O) groups is 2. The molecule has 0 radical (unpaired) electrons. The van der Waals surface area contributed by atoms with Crippen molar-refractivity contribution in [2.75, 3.05) is 6.61 Å². The number of ether oxygens (including phenoxy) is 3. The summed E-state index contributed by atoms with van der Waals surface area (Å²) in [5.74, 6) is -0.239. The third kappa shape index (κ3) is 3.56. The Balaban J connectivity index is 1.76. The maximum atomic E-state index is 12.0. The van der Waals surface area contributed by atoms with Crippen molar-refractivity contribution in [3.63, 3.8) is 0 Å². The van der Waals surface area contributed by atoms with Gasteiger partial charge in [0.15, 0.2) is 0 Å². The maximum Gasteiger partial charge on any atom is 0.334 e. The molecule has 2 unspecified atom stereocenters. The molecule has 3 rings (SSSR count). The first kappa shape index (κ1) is 17.9. The molecule has 0 N–H and O–H groups in total. The largest absolute Gasteiger partial charge is 0.459 e. The van der Waals surface area contributed by atoms with E-state index in [1.54, 1.807) is 13.0 Å². The minimum atomic E-state index is -0.438. The summed E-state index contributed by atoms with van der Waals surface area (Å²) in [6, 6.07) is 0. The normalized spacial score (nSPS) is 36.2. The molecule has 0 amide bonds. The van der Waals surface area contributed by atoms with Gasteiger partial charge in [0.05, 0.1) is 6.10 Å². The SMILES string of the molecule is C/C=C(/C)C(=O)OC[C@@]12CCC3=C(C)C(=O)OC3/C=C/C(C)C[C@@H]1O2. The molecule has 1 saturated heterocycles. The van der Waals surface area contributed by atoms with Crippen molar-refractivity contribution in [3.8, 4) is 0 Å². The van der Waals surface area contributed by atoms with Crippen LogP contribution in [0, 0.1) is 5.92 Å². The topological polar surface area (TPSA) is 65.1 Å². The summed E-state index contributed by atoms with van der Waals surface area (Å²) < 4.78 is 16.9. The van der Waals surface area contributed by atoms with Crippen LogP contribution in [0.1, 0.15) is 47.0 Å². The highest BCUT2D eigenvalue weighted by Crippen LogP contribution is 2.47. The Morgan fingerprint density at radius 3 is 2.92 bits per heavy atom. The molecule has 0 bridgehead atoms. The molecule has 136 valence electrons. The van der Waals surface area contributed by atoms with Crippen LogP contribution in [-0.4, -0.2) is 36.4 Å². The Bertz CT molecular complexity index is 672. The van der Waals surface area contributed by atoms with Crippen molar-refractivity contribution < 1.29 is 23.8 Å². The monoisotopic (exact) mass is 346 g/mol. The van der Waals surface area contributed by atoms with Crippen molar-refractivity contribution in [3.05, 3.63) is 34.9 Å². The Hall–Kier alpha value is -1.88. The maximum absolute atomic E-state index is 12.0. The molecule has 5 nitrogen and oxygen atoms in total. The lowest BCUT2D eigenvalue weighted by Gasteiger charge is -2.18. The minimum absolute atomic E-state index is 0.0846. The zero-order valence-electron chi connectivity index (χ0n) is 15.3. The van der Waals surface area contributed by atoms with Crippen LogP contribution in [0.15, 0.2) is 34.9 Å². The summed E-state index contributed by atoms with van der Waals surface area (Å²) in [5.41, 5.74) is 1.86. The predicted molar refractivity (Wildman–Crippen MR) is 92.7 cm³/mol. The number of fused-ring (bicyclic) bond motifs is 2. The molecule has 0 aromatic carbocycles. The van der Waals surface area contributed by atoms with Gasteiger partial charge in [0.1, 0.15) is 18.3 Å². The first-order valence-corrected chi connectivity index (χ1v) is 8.93. The average molecular weight is 346 g/mol. The van der Waals surface area contributed by atoms with Gasteiger partial charge in [-0.15, -0.1) is 0 Å². The van der Waals surface area contributed by atoms with Crippen molar-refractivity contribution in [2.24, 2.45) is 5.92 Å². The number of hydrogen-bond acceptors (Lipinski definition) is 5. The Labute approximate surface area is 148 Å². The molecular formula is C20H26O5. The quantitative estimate of drug-likeness (QED) is 0.340. The van der Waals surface area contributed by atoms with Crippen LogP contribution in [-0.2, 0) is 23.8 Å². The summed E-state index contributed by atoms with van der Waals surface area (Å²) in [5, 5.41) is 0. The molecule has 0 aromatic heterocycles. The van der Waals surface area contributed by atoms with Gasteiger partial charge < -0.3 is 14.2 Å². The summed E-state index contributed by atoms with van der Waals surface area (Å²) in [4.78, 5) is 23.9. The second-order valence-electron chi connectivity index (χ2n) is 7.29. The number of epoxide rings is 1. The fourth-order valence-corrected chi connectivity index (χ4v) is 3.51. The van der Waals surface area contributed by atoms with Crippen LogP contribution < -0.4 is 0 Å². The molecule has 0 saturated carbocycles. The number of rotatable bonds is 3. The van der Waals surface area contributed by atoms with Gasteiger partial charge in [-0.1, -0.05) is 19.1 Å². The van der Waals surface area contributed by atoms with Crippen molar-refractivity contribution in [1.29, 1.82) is 0 Å². The van der Waals surface area contributed by atoms with E-state index in [9.17, 15) is 9.59 Å². The molecular weight excluding hydrogens is 320 g/mol. The summed E-state index contributed by atoms with van der Waals surface area (Å²) in [6.07, 6.45) is 7.93. The number of esters is 2. The van der Waals surface area contributed by atoms with E-state index >= 15 is 0 Å². The van der Waals surface area contributed by atoms with Gasteiger partial charge in [-0.2, -0.15) is 0 Å². The van der Waals surface area contributed by atoms with E-state index in [0.29, 0.717) is 23.5 Å². The van der Waals surface area contributed by atoms with Crippen LogP contribution >= 0.6 is 0 Å². The molecule has 1 fully saturated rings. The van der Waals surface area contributed by atoms with E-state index in [4.69, 9.17) is 14.2 Å². The van der Waals surface area contributed by atoms with E-state index in [2.05, 4.69) is 13.0 Å². The molecule has 1 aliphatic carbocycles. The van der Waals surface area contributed by atoms with E-state index in [1.165, 1.54) is 0 Å². The van der Waals surface area contributed by atoms with Crippen LogP contribution in [0.4, 0.5) is 0 Å². The number of hydrogen-bond donors (Lipinski definition) is 0. The predicted octanol–water partition coefficient (Wildman–Crippen LogP) is 3.25. The molecule has 2 heterocycles. The number of carbonyl (C=O) groups excluding carboxylic acids is 2. The molecule has 2 aliphatic heterocycles. The van der Waals surface area contributed by atoms with Gasteiger partial charge in [-0.05, 0) is 57.6 Å². The summed E-state index contributed by atoms with van der Waals surface area (Å²) in [6.45, 7) is 7.74. The Kier molecular flexibility index (Phi) is 4.87. The fraction of sp³-hybridized carbons (Fsp3) is 0.600. The van der Waals surface area contributed by atoms with Crippen molar-refractivity contribution in [1.82, 2.24) is 0 Å². The molecule has 4 atom stereocenters. The third-order valence-electron chi connectivity index (χ3n) is 5.49. The molecule has 5 heteroatoms. The second kappa shape index (κ2) is 6.79. The fourth-order valence-electron chi connectivity index (χ4n) is 3.51. The zero-order valence-corrected chi connectivity index (χ0v) is 15.3. The van der Waals surface area contributed by atoms with E-state index in [1.807, 2.05) is 19.9 Å². The highest BCUT2D eigenvalue weighted by atomic mass is 16.6. The van der Waals surface area contributed by atoms with Gasteiger partial charge >= 0.3 is 11.9 Å². The summed E-state index contributed by atoms with van der Waals surface area (Å²) >= 11 is 0. The minimum Gasteiger partial charge on any atom is -0.459 e. The van der Waals surface area contributed by atoms with Crippen molar-refractivity contribution >= 4 is 11.9 Å². The first-order chi connectivity index (χ1) is 11.9. The van der Waals surface area contributed by atoms with E-state index < -0.39 is 5.60 Å². The third-order valence-corrected chi connectivity index (χ3v) is 5.49. The van der Waals surface area contributed by atoms with Gasteiger partial charge in [0.25, 0.3) is 0 Å². The van der Waals surface area contributed by atoms with Crippen LogP contribution in [0.3, 0.4) is 0 Å².